The first kappa shape index (κ1) is 9.65. The Hall–Kier alpha value is -2.56. The van der Waals surface area contributed by atoms with Crippen molar-refractivity contribution < 1.29 is 0 Å². The lowest BCUT2D eigenvalue weighted by atomic mass is 10.3. The summed E-state index contributed by atoms with van der Waals surface area (Å²) in [5.41, 5.74) is 8.70. The van der Waals surface area contributed by atoms with E-state index in [1.165, 1.54) is 0 Å². The van der Waals surface area contributed by atoms with Crippen molar-refractivity contribution in [3.8, 4) is 0 Å². The standard InChI is InChI=1S/C12H11N5/c13-8-6-10-11(14-7-8)17-12(16-10)15-9-4-2-1-3-5-9/h1-7H,13H2,(H2,14,15,16,17). The number of H-pyrrole nitrogens is 1. The van der Waals surface area contributed by atoms with Crippen molar-refractivity contribution in [2.45, 2.75) is 0 Å². The third kappa shape index (κ3) is 1.90. The zero-order valence-corrected chi connectivity index (χ0v) is 9.01. The third-order valence-electron chi connectivity index (χ3n) is 2.39. The molecule has 4 N–H and O–H groups in total. The van der Waals surface area contributed by atoms with Crippen molar-refractivity contribution in [1.29, 1.82) is 0 Å². The number of rotatable bonds is 2. The number of pyridine rings is 1. The molecule has 17 heavy (non-hydrogen) atoms. The number of nitrogens with zero attached hydrogens (tertiary/aromatic N) is 2. The molecule has 0 saturated heterocycles. The number of hydrogen-bond donors (Lipinski definition) is 3. The molecule has 0 bridgehead atoms. The van der Waals surface area contributed by atoms with Gasteiger partial charge in [0.05, 0.1) is 11.9 Å². The molecule has 0 aliphatic heterocycles. The Kier molecular flexibility index (Phi) is 2.15. The van der Waals surface area contributed by atoms with Crippen molar-refractivity contribution >= 4 is 28.5 Å². The topological polar surface area (TPSA) is 79.6 Å². The minimum atomic E-state index is 0.607. The molecule has 0 saturated carbocycles. The lowest BCUT2D eigenvalue weighted by Gasteiger charge is -2.00. The number of anilines is 3. The van der Waals surface area contributed by atoms with Crippen molar-refractivity contribution in [3.05, 3.63) is 42.6 Å². The zero-order chi connectivity index (χ0) is 11.7. The molecule has 5 nitrogen and oxygen atoms in total. The smallest absolute Gasteiger partial charge is 0.206 e. The maximum atomic E-state index is 5.65. The molecule has 3 aromatic rings. The average molecular weight is 225 g/mol. The van der Waals surface area contributed by atoms with E-state index in [-0.39, 0.29) is 0 Å². The van der Waals surface area contributed by atoms with Gasteiger partial charge in [-0.05, 0) is 18.2 Å². The van der Waals surface area contributed by atoms with Crippen LogP contribution in [0.5, 0.6) is 0 Å². The average Bonchev–Trinajstić information content (AvgIpc) is 2.71. The Labute approximate surface area is 97.7 Å². The number of nitrogen functional groups attached to an aromatic ring is 1. The van der Waals surface area contributed by atoms with Gasteiger partial charge < -0.3 is 16.0 Å². The number of aromatic nitrogens is 3. The Balaban J connectivity index is 1.96. The van der Waals surface area contributed by atoms with E-state index in [9.17, 15) is 0 Å². The summed E-state index contributed by atoms with van der Waals surface area (Å²) in [5.74, 6) is 0.657. The quantitative estimate of drug-likeness (QED) is 0.625. The number of benzene rings is 1. The Bertz CT molecular complexity index is 644. The third-order valence-corrected chi connectivity index (χ3v) is 2.39. The van der Waals surface area contributed by atoms with Gasteiger partial charge in [-0.15, -0.1) is 0 Å². The maximum Gasteiger partial charge on any atom is 0.206 e. The zero-order valence-electron chi connectivity index (χ0n) is 9.01. The Morgan fingerprint density at radius 3 is 2.82 bits per heavy atom. The van der Waals surface area contributed by atoms with Crippen LogP contribution in [0.1, 0.15) is 0 Å². The highest BCUT2D eigenvalue weighted by Gasteiger charge is 2.03. The normalized spacial score (nSPS) is 10.6. The molecule has 84 valence electrons. The first-order valence-corrected chi connectivity index (χ1v) is 5.24. The van der Waals surface area contributed by atoms with Gasteiger partial charge in [0.2, 0.25) is 5.95 Å². The second kappa shape index (κ2) is 3.79. The minimum Gasteiger partial charge on any atom is -0.397 e. The summed E-state index contributed by atoms with van der Waals surface area (Å²) >= 11 is 0. The SMILES string of the molecule is Nc1cnc2[nH]c(Nc3ccccc3)nc2c1. The first-order valence-electron chi connectivity index (χ1n) is 5.24. The van der Waals surface area contributed by atoms with E-state index in [0.29, 0.717) is 11.6 Å². The van der Waals surface area contributed by atoms with Gasteiger partial charge in [0.25, 0.3) is 0 Å². The molecule has 3 rings (SSSR count). The van der Waals surface area contributed by atoms with E-state index in [0.717, 1.165) is 16.9 Å². The number of para-hydroxylation sites is 1. The summed E-state index contributed by atoms with van der Waals surface area (Å²) in [5, 5.41) is 3.17. The summed E-state index contributed by atoms with van der Waals surface area (Å²) in [6, 6.07) is 11.6. The highest BCUT2D eigenvalue weighted by molar-refractivity contribution is 5.77. The van der Waals surface area contributed by atoms with E-state index in [2.05, 4.69) is 20.3 Å². The van der Waals surface area contributed by atoms with Crippen LogP contribution in [0.15, 0.2) is 42.6 Å². The molecule has 0 aliphatic carbocycles. The molecule has 0 fully saturated rings. The fourth-order valence-corrected chi connectivity index (χ4v) is 1.63. The second-order valence-corrected chi connectivity index (χ2v) is 3.71. The van der Waals surface area contributed by atoms with Gasteiger partial charge in [-0.25, -0.2) is 9.97 Å². The van der Waals surface area contributed by atoms with Gasteiger partial charge in [0, 0.05) is 5.69 Å². The Morgan fingerprint density at radius 2 is 2.00 bits per heavy atom. The molecule has 0 spiro atoms. The van der Waals surface area contributed by atoms with Gasteiger partial charge in [0.15, 0.2) is 5.65 Å². The highest BCUT2D eigenvalue weighted by atomic mass is 15.1. The van der Waals surface area contributed by atoms with Crippen LogP contribution in [0.3, 0.4) is 0 Å². The first-order chi connectivity index (χ1) is 8.31. The van der Waals surface area contributed by atoms with Crippen LogP contribution < -0.4 is 11.1 Å². The number of imidazole rings is 1. The number of nitrogens with one attached hydrogen (secondary N) is 2. The Morgan fingerprint density at radius 1 is 1.18 bits per heavy atom. The lowest BCUT2D eigenvalue weighted by molar-refractivity contribution is 1.28. The molecule has 5 heteroatoms. The van der Waals surface area contributed by atoms with Crippen molar-refractivity contribution in [2.75, 3.05) is 11.1 Å². The predicted molar refractivity (Wildman–Crippen MR) is 68.0 cm³/mol. The maximum absolute atomic E-state index is 5.65. The number of aromatic amines is 1. The predicted octanol–water partition coefficient (Wildman–Crippen LogP) is 2.28. The molecule has 0 atom stereocenters. The summed E-state index contributed by atoms with van der Waals surface area (Å²) < 4.78 is 0. The van der Waals surface area contributed by atoms with Gasteiger partial charge in [-0.3, -0.25) is 0 Å². The molecule has 0 amide bonds. The van der Waals surface area contributed by atoms with Gasteiger partial charge >= 0.3 is 0 Å². The van der Waals surface area contributed by atoms with Gasteiger partial charge in [-0.2, -0.15) is 0 Å². The van der Waals surface area contributed by atoms with Gasteiger partial charge in [-0.1, -0.05) is 18.2 Å². The number of nitrogens with two attached hydrogens (primary N) is 1. The largest absolute Gasteiger partial charge is 0.397 e. The fraction of sp³-hybridized carbons (Fsp3) is 0. The van der Waals surface area contributed by atoms with Crippen LogP contribution in [-0.2, 0) is 0 Å². The van der Waals surface area contributed by atoms with Gasteiger partial charge in [0.1, 0.15) is 5.52 Å². The van der Waals surface area contributed by atoms with E-state index in [4.69, 9.17) is 5.73 Å². The summed E-state index contributed by atoms with van der Waals surface area (Å²) in [6.07, 6.45) is 1.60. The van der Waals surface area contributed by atoms with Crippen molar-refractivity contribution in [3.63, 3.8) is 0 Å². The van der Waals surface area contributed by atoms with Crippen LogP contribution in [0.4, 0.5) is 17.3 Å². The molecule has 2 aromatic heterocycles. The minimum absolute atomic E-state index is 0.607. The monoisotopic (exact) mass is 225 g/mol. The lowest BCUT2D eigenvalue weighted by Crippen LogP contribution is -1.91. The van der Waals surface area contributed by atoms with E-state index >= 15 is 0 Å². The summed E-state index contributed by atoms with van der Waals surface area (Å²) in [4.78, 5) is 11.6. The van der Waals surface area contributed by atoms with E-state index < -0.39 is 0 Å². The highest BCUT2D eigenvalue weighted by Crippen LogP contribution is 2.17. The van der Waals surface area contributed by atoms with Crippen LogP contribution in [0.25, 0.3) is 11.2 Å². The van der Waals surface area contributed by atoms with Crippen LogP contribution in [-0.4, -0.2) is 15.0 Å². The fourth-order valence-electron chi connectivity index (χ4n) is 1.63. The summed E-state index contributed by atoms with van der Waals surface area (Å²) in [7, 11) is 0. The number of hydrogen-bond acceptors (Lipinski definition) is 4. The van der Waals surface area contributed by atoms with Crippen LogP contribution in [0, 0.1) is 0 Å². The second-order valence-electron chi connectivity index (χ2n) is 3.71. The summed E-state index contributed by atoms with van der Waals surface area (Å²) in [6.45, 7) is 0. The van der Waals surface area contributed by atoms with E-state index in [1.54, 1.807) is 12.3 Å². The van der Waals surface area contributed by atoms with Crippen molar-refractivity contribution in [1.82, 2.24) is 15.0 Å². The van der Waals surface area contributed by atoms with Crippen LogP contribution >= 0.6 is 0 Å². The molecule has 2 heterocycles. The molecular weight excluding hydrogens is 214 g/mol. The molecule has 0 radical (unpaired) electrons. The van der Waals surface area contributed by atoms with Crippen molar-refractivity contribution in [2.24, 2.45) is 0 Å². The molecular formula is C12H11N5. The van der Waals surface area contributed by atoms with E-state index in [1.807, 2.05) is 30.3 Å². The number of fused-ring (bicyclic) bond motifs is 1. The van der Waals surface area contributed by atoms with Crippen LogP contribution in [0.2, 0.25) is 0 Å². The molecule has 0 unspecified atom stereocenters. The molecule has 0 aliphatic rings. The molecule has 1 aromatic carbocycles.